The molecule has 0 aliphatic carbocycles. The molecule has 20 heavy (non-hydrogen) atoms. The van der Waals surface area contributed by atoms with Crippen molar-refractivity contribution in [3.63, 3.8) is 0 Å². The van der Waals surface area contributed by atoms with E-state index in [9.17, 15) is 9.59 Å². The van der Waals surface area contributed by atoms with Gasteiger partial charge in [-0.2, -0.15) is 5.26 Å². The van der Waals surface area contributed by atoms with Gasteiger partial charge in [0.25, 0.3) is 0 Å². The van der Waals surface area contributed by atoms with Gasteiger partial charge in [0.2, 0.25) is 5.91 Å². The van der Waals surface area contributed by atoms with Crippen LogP contribution in [0.25, 0.3) is 0 Å². The highest BCUT2D eigenvalue weighted by Crippen LogP contribution is 2.19. The third kappa shape index (κ3) is 3.86. The number of likely N-dealkylation sites (tertiary alicyclic amines) is 1. The minimum atomic E-state index is -0.609. The summed E-state index contributed by atoms with van der Waals surface area (Å²) in [5.74, 6) is -0.202. The van der Waals surface area contributed by atoms with Gasteiger partial charge in [0.05, 0.1) is 6.07 Å². The highest BCUT2D eigenvalue weighted by Gasteiger charge is 2.36. The van der Waals surface area contributed by atoms with E-state index in [4.69, 9.17) is 5.26 Å². The van der Waals surface area contributed by atoms with Gasteiger partial charge in [-0.3, -0.25) is 4.79 Å². The second-order valence-corrected chi connectivity index (χ2v) is 4.86. The summed E-state index contributed by atoms with van der Waals surface area (Å²) in [4.78, 5) is 25.7. The van der Waals surface area contributed by atoms with E-state index in [1.54, 1.807) is 12.8 Å². The molecule has 1 rings (SSSR count). The molecule has 2 N–H and O–H groups in total. The maximum Gasteiger partial charge on any atom is 0.315 e. The van der Waals surface area contributed by atoms with Crippen molar-refractivity contribution in [1.82, 2.24) is 15.5 Å². The number of nitrogens with one attached hydrogen (secondary N) is 2. The minimum absolute atomic E-state index is 0.00467. The zero-order valence-corrected chi connectivity index (χ0v) is 12.2. The lowest BCUT2D eigenvalue weighted by molar-refractivity contribution is -0.134. The number of nitriles is 1. The fraction of sp³-hybridized carbons (Fsp3) is 0.643. The first-order chi connectivity index (χ1) is 9.54. The van der Waals surface area contributed by atoms with Crippen molar-refractivity contribution in [3.05, 3.63) is 12.8 Å². The van der Waals surface area contributed by atoms with E-state index in [1.165, 1.54) is 4.90 Å². The number of nitrogens with zero attached hydrogens (tertiary/aromatic N) is 2. The Morgan fingerprint density at radius 3 is 2.75 bits per heavy atom. The van der Waals surface area contributed by atoms with Crippen molar-refractivity contribution in [2.75, 3.05) is 13.1 Å². The van der Waals surface area contributed by atoms with Crippen molar-refractivity contribution in [3.8, 4) is 6.07 Å². The summed E-state index contributed by atoms with van der Waals surface area (Å²) < 4.78 is 0. The fourth-order valence-corrected chi connectivity index (χ4v) is 2.08. The van der Waals surface area contributed by atoms with Crippen LogP contribution in [-0.2, 0) is 4.79 Å². The highest BCUT2D eigenvalue weighted by atomic mass is 16.2. The molecule has 0 aromatic rings. The molecule has 1 aliphatic heterocycles. The third-order valence-corrected chi connectivity index (χ3v) is 3.47. The van der Waals surface area contributed by atoms with E-state index in [1.807, 2.05) is 20.8 Å². The Kier molecular flexibility index (Phi) is 6.29. The molecule has 0 aromatic heterocycles. The number of carbonyl (C=O) groups is 2. The molecule has 3 amide bonds. The predicted molar refractivity (Wildman–Crippen MR) is 75.2 cm³/mol. The summed E-state index contributed by atoms with van der Waals surface area (Å²) in [6.07, 6.45) is 4.27. The molecule has 6 nitrogen and oxygen atoms in total. The lowest BCUT2D eigenvalue weighted by atomic mass is 9.97. The molecule has 110 valence electrons. The summed E-state index contributed by atoms with van der Waals surface area (Å²) in [7, 11) is 0. The van der Waals surface area contributed by atoms with Crippen LogP contribution in [0.2, 0.25) is 0 Å². The van der Waals surface area contributed by atoms with Gasteiger partial charge in [-0.1, -0.05) is 20.3 Å². The van der Waals surface area contributed by atoms with Crippen molar-refractivity contribution < 1.29 is 9.59 Å². The van der Waals surface area contributed by atoms with Crippen molar-refractivity contribution >= 4 is 11.9 Å². The maximum absolute atomic E-state index is 12.5. The average Bonchev–Trinajstić information content (AvgIpc) is 2.92. The first-order valence-electron chi connectivity index (χ1n) is 6.96. The van der Waals surface area contributed by atoms with Gasteiger partial charge in [0.1, 0.15) is 12.1 Å². The van der Waals surface area contributed by atoms with Gasteiger partial charge >= 0.3 is 6.03 Å². The number of carbonyl (C=O) groups excluding carboxylic acids is 2. The van der Waals surface area contributed by atoms with E-state index < -0.39 is 12.1 Å². The molecule has 0 saturated carbocycles. The Labute approximate surface area is 120 Å². The van der Waals surface area contributed by atoms with Gasteiger partial charge in [-0.25, -0.2) is 4.79 Å². The lowest BCUT2D eigenvalue weighted by Crippen LogP contribution is -2.54. The van der Waals surface area contributed by atoms with E-state index in [2.05, 4.69) is 16.7 Å². The van der Waals surface area contributed by atoms with Gasteiger partial charge < -0.3 is 15.5 Å². The molecule has 0 aromatic carbocycles. The molecule has 1 saturated heterocycles. The first kappa shape index (κ1) is 16.3. The molecule has 1 fully saturated rings. The Balaban J connectivity index is 2.79. The van der Waals surface area contributed by atoms with E-state index >= 15 is 0 Å². The molecule has 1 unspecified atom stereocenters. The van der Waals surface area contributed by atoms with Crippen LogP contribution in [0.15, 0.2) is 0 Å². The molecule has 3 atom stereocenters. The normalized spacial score (nSPS) is 20.9. The predicted octanol–water partition coefficient (Wildman–Crippen LogP) is 0.863. The number of rotatable bonds is 5. The minimum Gasteiger partial charge on any atom is -0.338 e. The first-order valence-corrected chi connectivity index (χ1v) is 6.96. The molecule has 1 aliphatic rings. The largest absolute Gasteiger partial charge is 0.338 e. The fourth-order valence-electron chi connectivity index (χ4n) is 2.08. The zero-order chi connectivity index (χ0) is 15.1. The van der Waals surface area contributed by atoms with Crippen molar-refractivity contribution in [2.45, 2.75) is 39.3 Å². The van der Waals surface area contributed by atoms with E-state index in [0.29, 0.717) is 13.1 Å². The molecular formula is C14H22N4O2. The quantitative estimate of drug-likeness (QED) is 0.782. The average molecular weight is 278 g/mol. The van der Waals surface area contributed by atoms with Gasteiger partial charge in [-0.05, 0) is 19.3 Å². The van der Waals surface area contributed by atoms with Crippen LogP contribution in [0.5, 0.6) is 0 Å². The molecule has 1 heterocycles. The number of hydrogen-bond donors (Lipinski definition) is 2. The van der Waals surface area contributed by atoms with Crippen LogP contribution in [0.1, 0.15) is 27.2 Å². The Morgan fingerprint density at radius 2 is 2.20 bits per heavy atom. The monoisotopic (exact) mass is 278 g/mol. The Morgan fingerprint density at radius 1 is 1.50 bits per heavy atom. The number of amides is 3. The Bertz CT molecular complexity index is 391. The third-order valence-electron chi connectivity index (χ3n) is 3.47. The smallest absolute Gasteiger partial charge is 0.315 e. The topological polar surface area (TPSA) is 85.2 Å². The van der Waals surface area contributed by atoms with Crippen LogP contribution in [0, 0.1) is 30.1 Å². The summed E-state index contributed by atoms with van der Waals surface area (Å²) in [6, 6.07) is 0.574. The second kappa shape index (κ2) is 7.73. The van der Waals surface area contributed by atoms with Gasteiger partial charge in [0.15, 0.2) is 0 Å². The van der Waals surface area contributed by atoms with Crippen LogP contribution >= 0.6 is 0 Å². The summed E-state index contributed by atoms with van der Waals surface area (Å²) in [5, 5.41) is 14.4. The summed E-state index contributed by atoms with van der Waals surface area (Å²) in [6.45, 7) is 6.62. The van der Waals surface area contributed by atoms with Gasteiger partial charge in [-0.15, -0.1) is 0 Å². The molecular weight excluding hydrogens is 256 g/mol. The van der Waals surface area contributed by atoms with Crippen molar-refractivity contribution in [2.24, 2.45) is 5.92 Å². The van der Waals surface area contributed by atoms with E-state index in [-0.39, 0.29) is 17.9 Å². The molecule has 6 heteroatoms. The van der Waals surface area contributed by atoms with Crippen LogP contribution in [0.3, 0.4) is 0 Å². The Hall–Kier alpha value is -1.77. The number of urea groups is 1. The lowest BCUT2D eigenvalue weighted by Gasteiger charge is -2.29. The SMILES string of the molecule is CCNC(=O)N[C@H](C(=O)N1C[CH][CH][C@H]1C#N)C(C)CC. The van der Waals surface area contributed by atoms with Gasteiger partial charge in [0, 0.05) is 19.5 Å². The van der Waals surface area contributed by atoms with E-state index in [0.717, 1.165) is 6.42 Å². The standard InChI is InChI=1S/C14H22N4O2/c1-4-10(3)12(17-14(20)16-5-2)13(19)18-8-6-7-11(18)9-15/h6-7,10-12H,4-5,8H2,1-3H3,(H2,16,17,20)/t10?,11-,12-/m0/s1. The summed E-state index contributed by atoms with van der Waals surface area (Å²) >= 11 is 0. The molecule has 2 radical (unpaired) electrons. The highest BCUT2D eigenvalue weighted by molar-refractivity contribution is 5.88. The van der Waals surface area contributed by atoms with Crippen molar-refractivity contribution in [1.29, 1.82) is 5.26 Å². The summed E-state index contributed by atoms with van der Waals surface area (Å²) in [5.41, 5.74) is 0. The number of hydrogen-bond acceptors (Lipinski definition) is 3. The van der Waals surface area contributed by atoms with Crippen LogP contribution < -0.4 is 10.6 Å². The zero-order valence-electron chi connectivity index (χ0n) is 12.2. The van der Waals surface area contributed by atoms with Crippen LogP contribution in [0.4, 0.5) is 4.79 Å². The maximum atomic E-state index is 12.5. The molecule has 0 spiro atoms. The van der Waals surface area contributed by atoms with Crippen LogP contribution in [-0.4, -0.2) is 42.0 Å². The second-order valence-electron chi connectivity index (χ2n) is 4.86. The molecule has 0 bridgehead atoms.